The highest BCUT2D eigenvalue weighted by Crippen LogP contribution is 2.38. The van der Waals surface area contributed by atoms with Crippen LogP contribution in [0.3, 0.4) is 0 Å². The smallest absolute Gasteiger partial charge is 0.534 e. The van der Waals surface area contributed by atoms with Crippen LogP contribution in [0.1, 0.15) is 41.6 Å². The SMILES string of the molecule is COc1ccc2c(c1C(=O)O)OB(O)[C@@H](N1C(=O)NC(C3CCC(N)CC3)C1=O)C2. The van der Waals surface area contributed by atoms with Gasteiger partial charge in [-0.3, -0.25) is 9.69 Å². The van der Waals surface area contributed by atoms with E-state index in [-0.39, 0.29) is 35.4 Å². The lowest BCUT2D eigenvalue weighted by Crippen LogP contribution is -2.56. The lowest BCUT2D eigenvalue weighted by atomic mass is 9.71. The Balaban J connectivity index is 1.58. The molecule has 0 radical (unpaired) electrons. The second kappa shape index (κ2) is 7.80. The number of urea groups is 1. The summed E-state index contributed by atoms with van der Waals surface area (Å²) in [5, 5.41) is 22.8. The first-order chi connectivity index (χ1) is 14.3. The molecule has 3 amide bonds. The molecule has 0 spiro atoms. The number of imide groups is 1. The van der Waals surface area contributed by atoms with Crippen molar-refractivity contribution >= 4 is 25.0 Å². The summed E-state index contributed by atoms with van der Waals surface area (Å²) in [6.07, 6.45) is 3.17. The molecule has 1 aliphatic carbocycles. The van der Waals surface area contributed by atoms with Gasteiger partial charge in [-0.05, 0) is 49.7 Å². The molecule has 1 unspecified atom stereocenters. The molecule has 2 heterocycles. The Morgan fingerprint density at radius 1 is 1.30 bits per heavy atom. The molecule has 160 valence electrons. The number of rotatable bonds is 4. The minimum atomic E-state index is -1.56. The Morgan fingerprint density at radius 3 is 2.63 bits per heavy atom. The highest BCUT2D eigenvalue weighted by atomic mass is 16.5. The maximum atomic E-state index is 13.1. The number of carboxylic acids is 1. The molecule has 2 atom stereocenters. The summed E-state index contributed by atoms with van der Waals surface area (Å²) >= 11 is 0. The number of hydrogen-bond acceptors (Lipinski definition) is 7. The zero-order chi connectivity index (χ0) is 21.6. The van der Waals surface area contributed by atoms with Crippen molar-refractivity contribution in [2.24, 2.45) is 11.7 Å². The summed E-state index contributed by atoms with van der Waals surface area (Å²) in [6, 6.07) is 1.99. The Morgan fingerprint density at radius 2 is 2.00 bits per heavy atom. The second-order valence-corrected chi connectivity index (χ2v) is 8.03. The van der Waals surface area contributed by atoms with Gasteiger partial charge in [0.15, 0.2) is 0 Å². The number of benzene rings is 1. The molecule has 4 rings (SSSR count). The molecule has 2 fully saturated rings. The predicted molar refractivity (Wildman–Crippen MR) is 105 cm³/mol. The van der Waals surface area contributed by atoms with Crippen LogP contribution in [0.2, 0.25) is 0 Å². The summed E-state index contributed by atoms with van der Waals surface area (Å²) < 4.78 is 10.6. The fraction of sp³-hybridized carbons (Fsp3) is 0.526. The van der Waals surface area contributed by atoms with Crippen molar-refractivity contribution in [1.82, 2.24) is 10.2 Å². The highest BCUT2D eigenvalue weighted by Gasteiger charge is 2.52. The third-order valence-electron chi connectivity index (χ3n) is 6.25. The molecule has 1 saturated heterocycles. The fourth-order valence-corrected chi connectivity index (χ4v) is 4.65. The van der Waals surface area contributed by atoms with E-state index in [1.165, 1.54) is 13.2 Å². The lowest BCUT2D eigenvalue weighted by Gasteiger charge is -2.33. The Labute approximate surface area is 173 Å². The van der Waals surface area contributed by atoms with Crippen LogP contribution in [-0.2, 0) is 11.2 Å². The van der Waals surface area contributed by atoms with E-state index in [9.17, 15) is 24.5 Å². The number of nitrogens with zero attached hydrogens (tertiary/aromatic N) is 1. The van der Waals surface area contributed by atoms with E-state index in [0.717, 1.165) is 30.6 Å². The molecule has 0 aromatic heterocycles. The molecule has 1 aromatic rings. The zero-order valence-electron chi connectivity index (χ0n) is 16.5. The van der Waals surface area contributed by atoms with E-state index in [0.29, 0.717) is 5.56 Å². The standard InChI is InChI=1S/C19H24BN3O7/c1-29-12-7-4-10-8-13(20(28)30-16(10)14(12)18(25)26)23-17(24)15(22-19(23)27)9-2-5-11(21)6-3-9/h4,7,9,11,13,15,28H,2-3,5-6,8,21H2,1H3,(H,22,27)(H,25,26)/t9?,11?,13-,15?/m0/s1. The van der Waals surface area contributed by atoms with Crippen molar-refractivity contribution in [3.63, 3.8) is 0 Å². The van der Waals surface area contributed by atoms with E-state index in [4.69, 9.17) is 15.1 Å². The van der Waals surface area contributed by atoms with E-state index in [1.807, 2.05) is 0 Å². The van der Waals surface area contributed by atoms with Gasteiger partial charge in [-0.15, -0.1) is 0 Å². The van der Waals surface area contributed by atoms with Crippen molar-refractivity contribution < 1.29 is 33.9 Å². The first-order valence-corrected chi connectivity index (χ1v) is 9.98. The third kappa shape index (κ3) is 3.37. The number of carboxylic acid groups (broad SMARTS) is 1. The molecular formula is C19H24BN3O7. The van der Waals surface area contributed by atoms with Gasteiger partial charge in [0, 0.05) is 6.04 Å². The van der Waals surface area contributed by atoms with Gasteiger partial charge in [-0.1, -0.05) is 6.07 Å². The number of hydrogen-bond donors (Lipinski definition) is 4. The van der Waals surface area contributed by atoms with Crippen molar-refractivity contribution in [2.45, 2.75) is 50.1 Å². The number of ether oxygens (including phenoxy) is 1. The van der Waals surface area contributed by atoms with Crippen molar-refractivity contribution in [2.75, 3.05) is 7.11 Å². The molecule has 1 saturated carbocycles. The van der Waals surface area contributed by atoms with Gasteiger partial charge in [-0.25, -0.2) is 9.59 Å². The zero-order valence-corrected chi connectivity index (χ0v) is 16.5. The van der Waals surface area contributed by atoms with Gasteiger partial charge in [0.1, 0.15) is 23.1 Å². The van der Waals surface area contributed by atoms with Crippen molar-refractivity contribution in [3.8, 4) is 11.5 Å². The first-order valence-electron chi connectivity index (χ1n) is 9.98. The summed E-state index contributed by atoms with van der Waals surface area (Å²) in [7, 11) is -0.224. The fourth-order valence-electron chi connectivity index (χ4n) is 4.65. The second-order valence-electron chi connectivity index (χ2n) is 8.03. The molecular weight excluding hydrogens is 393 g/mol. The monoisotopic (exact) mass is 417 g/mol. The normalized spacial score (nSPS) is 28.6. The van der Waals surface area contributed by atoms with Crippen LogP contribution in [-0.4, -0.2) is 65.2 Å². The van der Waals surface area contributed by atoms with Gasteiger partial charge in [-0.2, -0.15) is 0 Å². The molecule has 30 heavy (non-hydrogen) atoms. The summed E-state index contributed by atoms with van der Waals surface area (Å²) in [5.74, 6) is -2.55. The average molecular weight is 417 g/mol. The summed E-state index contributed by atoms with van der Waals surface area (Å²) in [4.78, 5) is 38.4. The number of carbonyl (C=O) groups excluding carboxylic acids is 2. The van der Waals surface area contributed by atoms with Crippen LogP contribution in [0.5, 0.6) is 11.5 Å². The Hall–Kier alpha value is -2.79. The van der Waals surface area contributed by atoms with Gasteiger partial charge < -0.3 is 30.6 Å². The number of nitrogens with one attached hydrogen (secondary N) is 1. The van der Waals surface area contributed by atoms with Crippen LogP contribution < -0.4 is 20.4 Å². The summed E-state index contributed by atoms with van der Waals surface area (Å²) in [6.45, 7) is 0. The number of amides is 3. The van der Waals surface area contributed by atoms with Gasteiger partial charge in [0.2, 0.25) is 0 Å². The minimum absolute atomic E-state index is 0.00284. The number of methoxy groups -OCH3 is 1. The van der Waals surface area contributed by atoms with E-state index >= 15 is 0 Å². The molecule has 3 aliphatic rings. The van der Waals surface area contributed by atoms with Crippen LogP contribution in [0, 0.1) is 5.92 Å². The number of aromatic carboxylic acids is 1. The number of carbonyl (C=O) groups is 3. The van der Waals surface area contributed by atoms with Crippen LogP contribution >= 0.6 is 0 Å². The predicted octanol–water partition coefficient (Wildman–Crippen LogP) is 0.155. The topological polar surface area (TPSA) is 151 Å². The highest BCUT2D eigenvalue weighted by molar-refractivity contribution is 6.47. The van der Waals surface area contributed by atoms with Crippen LogP contribution in [0.4, 0.5) is 4.79 Å². The molecule has 2 aliphatic heterocycles. The maximum absolute atomic E-state index is 13.1. The lowest BCUT2D eigenvalue weighted by molar-refractivity contribution is -0.129. The van der Waals surface area contributed by atoms with Crippen LogP contribution in [0.25, 0.3) is 0 Å². The van der Waals surface area contributed by atoms with E-state index < -0.39 is 37.0 Å². The average Bonchev–Trinajstić information content (AvgIpc) is 3.01. The third-order valence-corrected chi connectivity index (χ3v) is 6.25. The molecule has 11 heteroatoms. The largest absolute Gasteiger partial charge is 0.547 e. The van der Waals surface area contributed by atoms with Crippen LogP contribution in [0.15, 0.2) is 12.1 Å². The van der Waals surface area contributed by atoms with E-state index in [1.54, 1.807) is 6.07 Å². The van der Waals surface area contributed by atoms with Crippen molar-refractivity contribution in [3.05, 3.63) is 23.3 Å². The quantitative estimate of drug-likeness (QED) is 0.399. The number of fused-ring (bicyclic) bond motifs is 1. The minimum Gasteiger partial charge on any atom is -0.534 e. The first kappa shape index (κ1) is 20.5. The van der Waals surface area contributed by atoms with Gasteiger partial charge in [0.05, 0.1) is 13.1 Å². The van der Waals surface area contributed by atoms with Gasteiger partial charge in [0.25, 0.3) is 5.91 Å². The maximum Gasteiger partial charge on any atom is 0.547 e. The van der Waals surface area contributed by atoms with E-state index in [2.05, 4.69) is 5.32 Å². The molecule has 5 N–H and O–H groups in total. The van der Waals surface area contributed by atoms with Crippen molar-refractivity contribution in [1.29, 1.82) is 0 Å². The molecule has 1 aromatic carbocycles. The number of nitrogens with two attached hydrogens (primary N) is 1. The molecule has 0 bridgehead atoms. The summed E-state index contributed by atoms with van der Waals surface area (Å²) in [5.41, 5.74) is 6.20. The Kier molecular flexibility index (Phi) is 5.33. The Bertz CT molecular complexity index is 887. The van der Waals surface area contributed by atoms with Gasteiger partial charge >= 0.3 is 19.1 Å². The molecule has 10 nitrogen and oxygen atoms in total.